The van der Waals surface area contributed by atoms with Crippen LogP contribution < -0.4 is 4.74 Å². The fraction of sp³-hybridized carbons (Fsp3) is 0.438. The second-order valence-electron chi connectivity index (χ2n) is 5.32. The van der Waals surface area contributed by atoms with Gasteiger partial charge in [-0.15, -0.1) is 11.6 Å². The van der Waals surface area contributed by atoms with Crippen LogP contribution in [0.2, 0.25) is 0 Å². The number of fused-ring (bicyclic) bond motifs is 1. The maximum Gasteiger partial charge on any atom is 0.130 e. The van der Waals surface area contributed by atoms with E-state index < -0.39 is 0 Å². The molecule has 1 aromatic heterocycles. The van der Waals surface area contributed by atoms with Gasteiger partial charge in [-0.3, -0.25) is 4.98 Å². The number of alkyl halides is 1. The monoisotopic (exact) mass is 277 g/mol. The van der Waals surface area contributed by atoms with Crippen molar-refractivity contribution in [1.29, 1.82) is 0 Å². The van der Waals surface area contributed by atoms with Gasteiger partial charge in [-0.1, -0.05) is 26.0 Å². The van der Waals surface area contributed by atoms with Gasteiger partial charge in [0.2, 0.25) is 0 Å². The number of pyridine rings is 1. The van der Waals surface area contributed by atoms with Gasteiger partial charge in [0.05, 0.1) is 23.2 Å². The number of para-hydroxylation sites is 1. The molecule has 102 valence electrons. The SMILES string of the molecule is CC(C)CC(C)Oc1cc(CCl)nc2ccccc12. The molecular weight excluding hydrogens is 258 g/mol. The Morgan fingerprint density at radius 1 is 1.21 bits per heavy atom. The minimum Gasteiger partial charge on any atom is -0.490 e. The van der Waals surface area contributed by atoms with Gasteiger partial charge in [-0.2, -0.15) is 0 Å². The van der Waals surface area contributed by atoms with Crippen molar-refractivity contribution >= 4 is 22.5 Å². The molecule has 1 aromatic carbocycles. The van der Waals surface area contributed by atoms with Crippen molar-refractivity contribution in [3.8, 4) is 5.75 Å². The minimum atomic E-state index is 0.189. The van der Waals surface area contributed by atoms with Crippen LogP contribution in [0.15, 0.2) is 30.3 Å². The molecule has 0 N–H and O–H groups in total. The topological polar surface area (TPSA) is 22.1 Å². The molecule has 1 atom stereocenters. The summed E-state index contributed by atoms with van der Waals surface area (Å²) in [6, 6.07) is 9.97. The third-order valence-corrected chi connectivity index (χ3v) is 3.27. The van der Waals surface area contributed by atoms with E-state index in [1.807, 2.05) is 30.3 Å². The van der Waals surface area contributed by atoms with Crippen molar-refractivity contribution in [1.82, 2.24) is 4.98 Å². The average molecular weight is 278 g/mol. The third-order valence-electron chi connectivity index (χ3n) is 3.00. The summed E-state index contributed by atoms with van der Waals surface area (Å²) in [7, 11) is 0. The van der Waals surface area contributed by atoms with Crippen LogP contribution in [0.5, 0.6) is 5.75 Å². The molecule has 2 nitrogen and oxygen atoms in total. The summed E-state index contributed by atoms with van der Waals surface area (Å²) >= 11 is 5.90. The molecule has 3 heteroatoms. The van der Waals surface area contributed by atoms with Crippen LogP contribution in [0.1, 0.15) is 32.9 Å². The lowest BCUT2D eigenvalue weighted by atomic mass is 10.1. The van der Waals surface area contributed by atoms with Gasteiger partial charge in [0.25, 0.3) is 0 Å². The van der Waals surface area contributed by atoms with E-state index in [0.29, 0.717) is 11.8 Å². The quantitative estimate of drug-likeness (QED) is 0.733. The maximum atomic E-state index is 6.08. The van der Waals surface area contributed by atoms with Crippen molar-refractivity contribution in [2.24, 2.45) is 5.92 Å². The second kappa shape index (κ2) is 6.25. The van der Waals surface area contributed by atoms with E-state index in [9.17, 15) is 0 Å². The Kier molecular flexibility index (Phi) is 4.65. The summed E-state index contributed by atoms with van der Waals surface area (Å²) in [5.41, 5.74) is 1.79. The summed E-state index contributed by atoms with van der Waals surface area (Å²) < 4.78 is 6.08. The zero-order valence-corrected chi connectivity index (χ0v) is 12.4. The number of hydrogen-bond donors (Lipinski definition) is 0. The van der Waals surface area contributed by atoms with Crippen molar-refractivity contribution in [3.63, 3.8) is 0 Å². The van der Waals surface area contributed by atoms with Crippen LogP contribution in [0.25, 0.3) is 10.9 Å². The molecule has 0 bridgehead atoms. The summed E-state index contributed by atoms with van der Waals surface area (Å²) in [4.78, 5) is 4.51. The van der Waals surface area contributed by atoms with Gasteiger partial charge in [-0.05, 0) is 31.4 Å². The van der Waals surface area contributed by atoms with Gasteiger partial charge >= 0.3 is 0 Å². The number of aromatic nitrogens is 1. The predicted molar refractivity (Wildman–Crippen MR) is 80.8 cm³/mol. The minimum absolute atomic E-state index is 0.189. The molecular formula is C16H20ClNO. The van der Waals surface area contributed by atoms with E-state index in [4.69, 9.17) is 16.3 Å². The van der Waals surface area contributed by atoms with E-state index in [0.717, 1.165) is 28.8 Å². The van der Waals surface area contributed by atoms with E-state index >= 15 is 0 Å². The highest BCUT2D eigenvalue weighted by atomic mass is 35.5. The first-order valence-electron chi connectivity index (χ1n) is 6.71. The van der Waals surface area contributed by atoms with Crippen molar-refractivity contribution in [2.45, 2.75) is 39.2 Å². The highest BCUT2D eigenvalue weighted by molar-refractivity contribution is 6.17. The summed E-state index contributed by atoms with van der Waals surface area (Å²) in [6.45, 7) is 6.51. The molecule has 0 fully saturated rings. The van der Waals surface area contributed by atoms with Crippen molar-refractivity contribution in [2.75, 3.05) is 0 Å². The fourth-order valence-corrected chi connectivity index (χ4v) is 2.43. The zero-order valence-electron chi connectivity index (χ0n) is 11.7. The molecule has 2 rings (SSSR count). The smallest absolute Gasteiger partial charge is 0.130 e. The van der Waals surface area contributed by atoms with E-state index in [1.54, 1.807) is 0 Å². The van der Waals surface area contributed by atoms with E-state index in [-0.39, 0.29) is 6.10 Å². The van der Waals surface area contributed by atoms with Crippen LogP contribution in [0, 0.1) is 5.92 Å². The Hall–Kier alpha value is -1.28. The highest BCUT2D eigenvalue weighted by Crippen LogP contribution is 2.27. The Bertz CT molecular complexity index is 553. The normalized spacial score (nSPS) is 12.9. The number of nitrogens with zero attached hydrogens (tertiary/aromatic N) is 1. The number of rotatable bonds is 5. The molecule has 1 unspecified atom stereocenters. The first kappa shape index (κ1) is 14.1. The second-order valence-corrected chi connectivity index (χ2v) is 5.59. The van der Waals surface area contributed by atoms with Gasteiger partial charge in [0.1, 0.15) is 5.75 Å². The lowest BCUT2D eigenvalue weighted by Crippen LogP contribution is -2.15. The number of hydrogen-bond acceptors (Lipinski definition) is 2. The Labute approximate surface area is 119 Å². The lowest BCUT2D eigenvalue weighted by Gasteiger charge is -2.18. The standard InChI is InChI=1S/C16H20ClNO/c1-11(2)8-12(3)19-16-9-13(10-17)18-15-7-5-4-6-14(15)16/h4-7,9,11-12H,8,10H2,1-3H3. The Morgan fingerprint density at radius 3 is 2.63 bits per heavy atom. The van der Waals surface area contributed by atoms with Gasteiger partial charge in [0, 0.05) is 11.5 Å². The molecule has 0 saturated carbocycles. The number of benzene rings is 1. The highest BCUT2D eigenvalue weighted by Gasteiger charge is 2.11. The average Bonchev–Trinajstić information content (AvgIpc) is 2.37. The summed E-state index contributed by atoms with van der Waals surface area (Å²) in [5, 5.41) is 1.05. The first-order chi connectivity index (χ1) is 9.10. The third kappa shape index (κ3) is 3.60. The molecule has 0 radical (unpaired) electrons. The molecule has 19 heavy (non-hydrogen) atoms. The number of ether oxygens (including phenoxy) is 1. The van der Waals surface area contributed by atoms with E-state index in [1.165, 1.54) is 0 Å². The van der Waals surface area contributed by atoms with Crippen LogP contribution in [0.3, 0.4) is 0 Å². The Balaban J connectivity index is 2.35. The molecule has 0 aliphatic carbocycles. The Morgan fingerprint density at radius 2 is 1.95 bits per heavy atom. The van der Waals surface area contributed by atoms with Gasteiger partial charge in [0.15, 0.2) is 0 Å². The van der Waals surface area contributed by atoms with E-state index in [2.05, 4.69) is 25.8 Å². The largest absolute Gasteiger partial charge is 0.490 e. The van der Waals surface area contributed by atoms with Crippen LogP contribution in [0.4, 0.5) is 0 Å². The summed E-state index contributed by atoms with van der Waals surface area (Å²) in [6.07, 6.45) is 1.22. The van der Waals surface area contributed by atoms with Gasteiger partial charge in [-0.25, -0.2) is 0 Å². The van der Waals surface area contributed by atoms with Gasteiger partial charge < -0.3 is 4.74 Å². The van der Waals surface area contributed by atoms with Crippen LogP contribution in [-0.2, 0) is 5.88 Å². The zero-order chi connectivity index (χ0) is 13.8. The lowest BCUT2D eigenvalue weighted by molar-refractivity contribution is 0.195. The summed E-state index contributed by atoms with van der Waals surface area (Å²) in [5.74, 6) is 1.91. The fourth-order valence-electron chi connectivity index (χ4n) is 2.29. The molecule has 0 spiro atoms. The molecule has 1 heterocycles. The maximum absolute atomic E-state index is 6.08. The van der Waals surface area contributed by atoms with Crippen LogP contribution >= 0.6 is 11.6 Å². The van der Waals surface area contributed by atoms with Crippen molar-refractivity contribution < 1.29 is 4.74 Å². The van der Waals surface area contributed by atoms with Crippen LogP contribution in [-0.4, -0.2) is 11.1 Å². The van der Waals surface area contributed by atoms with Crippen molar-refractivity contribution in [3.05, 3.63) is 36.0 Å². The molecule has 0 amide bonds. The number of halogens is 1. The molecule has 2 aromatic rings. The predicted octanol–water partition coefficient (Wildman–Crippen LogP) is 4.79. The molecule has 0 saturated heterocycles. The molecule has 0 aliphatic heterocycles. The molecule has 0 aliphatic rings. The first-order valence-corrected chi connectivity index (χ1v) is 7.25.